The molecule has 0 aliphatic heterocycles. The summed E-state index contributed by atoms with van der Waals surface area (Å²) in [5.74, 6) is -1.24. The van der Waals surface area contributed by atoms with Crippen molar-refractivity contribution in [1.82, 2.24) is 0 Å². The molecule has 17 heavy (non-hydrogen) atoms. The molecule has 0 radical (unpaired) electrons. The number of rotatable bonds is 3. The molecule has 1 saturated carbocycles. The third-order valence-corrected chi connectivity index (χ3v) is 3.94. The Balaban J connectivity index is 2.61. The van der Waals surface area contributed by atoms with E-state index >= 15 is 0 Å². The Morgan fingerprint density at radius 3 is 2.59 bits per heavy atom. The summed E-state index contributed by atoms with van der Waals surface area (Å²) in [6.45, 7) is 0. The van der Waals surface area contributed by atoms with Crippen molar-refractivity contribution in [3.05, 3.63) is 29.3 Å². The van der Waals surface area contributed by atoms with E-state index in [1.165, 1.54) is 30.0 Å². The number of aliphatic imine (C=N–C) groups is 1. The van der Waals surface area contributed by atoms with Gasteiger partial charge in [-0.2, -0.15) is 4.99 Å². The van der Waals surface area contributed by atoms with E-state index in [0.717, 1.165) is 6.42 Å². The van der Waals surface area contributed by atoms with Gasteiger partial charge in [0, 0.05) is 4.90 Å². The van der Waals surface area contributed by atoms with Gasteiger partial charge < -0.3 is 0 Å². The maximum atomic E-state index is 14.1. The number of hydrogen-bond acceptors (Lipinski definition) is 3. The molecular weight excluding hydrogens is 244 g/mol. The second-order valence-corrected chi connectivity index (χ2v) is 4.87. The van der Waals surface area contributed by atoms with Crippen LogP contribution in [-0.2, 0) is 10.3 Å². The zero-order chi connectivity index (χ0) is 12.5. The van der Waals surface area contributed by atoms with Crippen molar-refractivity contribution in [1.29, 1.82) is 0 Å². The van der Waals surface area contributed by atoms with Crippen LogP contribution in [0.4, 0.5) is 8.78 Å². The first-order valence-corrected chi connectivity index (χ1v) is 6.48. The predicted octanol–water partition coefficient (Wildman–Crippen LogP) is 3.40. The minimum absolute atomic E-state index is 0.0843. The number of thioether (sulfide) groups is 1. The minimum Gasteiger partial charge on any atom is -0.211 e. The highest BCUT2D eigenvalue weighted by molar-refractivity contribution is 7.98. The fraction of sp³-hybridized carbons (Fsp3) is 0.417. The van der Waals surface area contributed by atoms with Crippen LogP contribution in [0.5, 0.6) is 0 Å². The van der Waals surface area contributed by atoms with E-state index in [9.17, 15) is 13.6 Å². The monoisotopic (exact) mass is 255 g/mol. The first-order chi connectivity index (χ1) is 8.14. The van der Waals surface area contributed by atoms with Crippen LogP contribution in [0, 0.1) is 11.6 Å². The van der Waals surface area contributed by atoms with Gasteiger partial charge in [-0.1, -0.05) is 0 Å². The van der Waals surface area contributed by atoms with Gasteiger partial charge in [-0.3, -0.25) is 0 Å². The van der Waals surface area contributed by atoms with Crippen LogP contribution in [-0.4, -0.2) is 12.3 Å². The van der Waals surface area contributed by atoms with Crippen LogP contribution >= 0.6 is 11.8 Å². The van der Waals surface area contributed by atoms with Crippen LogP contribution in [0.15, 0.2) is 22.0 Å². The van der Waals surface area contributed by atoms with Gasteiger partial charge in [-0.05, 0) is 37.7 Å². The van der Waals surface area contributed by atoms with Crippen molar-refractivity contribution in [2.24, 2.45) is 4.99 Å². The Morgan fingerprint density at radius 2 is 2.12 bits per heavy atom. The molecule has 2 nitrogen and oxygen atoms in total. The molecule has 1 aromatic rings. The number of hydrogen-bond donors (Lipinski definition) is 0. The lowest BCUT2D eigenvalue weighted by atomic mass is 9.72. The van der Waals surface area contributed by atoms with Crippen molar-refractivity contribution >= 4 is 17.8 Å². The van der Waals surface area contributed by atoms with Gasteiger partial charge >= 0.3 is 0 Å². The number of carbonyl (C=O) groups excluding carboxylic acids is 1. The molecule has 0 atom stereocenters. The summed E-state index contributed by atoms with van der Waals surface area (Å²) in [6.07, 6.45) is 4.96. The summed E-state index contributed by atoms with van der Waals surface area (Å²) in [4.78, 5) is 14.4. The third kappa shape index (κ3) is 1.90. The average Bonchev–Trinajstić information content (AvgIpc) is 2.26. The predicted molar refractivity (Wildman–Crippen MR) is 61.8 cm³/mol. The fourth-order valence-electron chi connectivity index (χ4n) is 2.13. The van der Waals surface area contributed by atoms with Crippen LogP contribution in [0.2, 0.25) is 0 Å². The maximum absolute atomic E-state index is 14.1. The van der Waals surface area contributed by atoms with E-state index < -0.39 is 17.2 Å². The zero-order valence-electron chi connectivity index (χ0n) is 9.30. The molecule has 0 amide bonds. The van der Waals surface area contributed by atoms with E-state index in [2.05, 4.69) is 4.99 Å². The summed E-state index contributed by atoms with van der Waals surface area (Å²) < 4.78 is 27.9. The highest BCUT2D eigenvalue weighted by atomic mass is 32.2. The molecule has 1 aliphatic rings. The van der Waals surface area contributed by atoms with E-state index in [4.69, 9.17) is 0 Å². The van der Waals surface area contributed by atoms with Gasteiger partial charge in [-0.15, -0.1) is 11.8 Å². The van der Waals surface area contributed by atoms with E-state index in [1.54, 1.807) is 6.26 Å². The molecule has 90 valence electrons. The largest absolute Gasteiger partial charge is 0.235 e. The van der Waals surface area contributed by atoms with Gasteiger partial charge in [-0.25, -0.2) is 13.6 Å². The molecule has 0 saturated heterocycles. The number of benzene rings is 1. The first kappa shape index (κ1) is 12.3. The first-order valence-electron chi connectivity index (χ1n) is 5.26. The summed E-state index contributed by atoms with van der Waals surface area (Å²) in [7, 11) is 0. The molecule has 1 aromatic carbocycles. The van der Waals surface area contributed by atoms with Gasteiger partial charge in [0.05, 0.1) is 5.56 Å². The summed E-state index contributed by atoms with van der Waals surface area (Å²) in [5.41, 5.74) is -1.11. The molecule has 0 unspecified atom stereocenters. The van der Waals surface area contributed by atoms with E-state index in [0.29, 0.717) is 17.7 Å². The Hall–Kier alpha value is -1.19. The molecular formula is C12H11F2NOS. The van der Waals surface area contributed by atoms with E-state index in [-0.39, 0.29) is 5.56 Å². The molecule has 0 aromatic heterocycles. The van der Waals surface area contributed by atoms with Gasteiger partial charge in [0.2, 0.25) is 6.08 Å². The second-order valence-electron chi connectivity index (χ2n) is 4.03. The van der Waals surface area contributed by atoms with Crippen molar-refractivity contribution in [2.45, 2.75) is 29.7 Å². The van der Waals surface area contributed by atoms with Crippen LogP contribution in [0.1, 0.15) is 24.8 Å². The highest BCUT2D eigenvalue weighted by Crippen LogP contribution is 2.47. The normalized spacial score (nSPS) is 17.1. The fourth-order valence-corrected chi connectivity index (χ4v) is 2.62. The van der Waals surface area contributed by atoms with Crippen molar-refractivity contribution < 1.29 is 13.6 Å². The molecule has 0 spiro atoms. The number of halogens is 2. The molecule has 0 heterocycles. The Morgan fingerprint density at radius 1 is 1.41 bits per heavy atom. The minimum atomic E-state index is -1.03. The van der Waals surface area contributed by atoms with Gasteiger partial charge in [0.15, 0.2) is 0 Å². The lowest BCUT2D eigenvalue weighted by Gasteiger charge is -2.37. The van der Waals surface area contributed by atoms with Crippen molar-refractivity contribution in [2.75, 3.05) is 6.26 Å². The standard InChI is InChI=1S/C12H11F2NOS/c1-17-9-4-3-8(13)10(11(9)14)12(15-7-16)5-2-6-12/h3-4H,2,5-6H2,1H3. The van der Waals surface area contributed by atoms with Crippen molar-refractivity contribution in [3.8, 4) is 0 Å². The molecule has 0 N–H and O–H groups in total. The van der Waals surface area contributed by atoms with E-state index in [1.807, 2.05) is 0 Å². The lowest BCUT2D eigenvalue weighted by molar-refractivity contribution is 0.237. The Bertz CT molecular complexity index is 494. The quantitative estimate of drug-likeness (QED) is 0.470. The van der Waals surface area contributed by atoms with Gasteiger partial charge in [0.1, 0.15) is 17.2 Å². The second kappa shape index (κ2) is 4.59. The smallest absolute Gasteiger partial charge is 0.211 e. The van der Waals surface area contributed by atoms with Crippen LogP contribution in [0.25, 0.3) is 0 Å². The average molecular weight is 255 g/mol. The Labute approximate surface area is 102 Å². The summed E-state index contributed by atoms with van der Waals surface area (Å²) in [5, 5.41) is 0. The summed E-state index contributed by atoms with van der Waals surface area (Å²) in [6, 6.07) is 2.63. The highest BCUT2D eigenvalue weighted by Gasteiger charge is 2.43. The van der Waals surface area contributed by atoms with Crippen LogP contribution < -0.4 is 0 Å². The SMILES string of the molecule is CSc1ccc(F)c(C2(N=C=O)CCC2)c1F. The molecule has 0 bridgehead atoms. The molecule has 1 aliphatic carbocycles. The zero-order valence-corrected chi connectivity index (χ0v) is 10.1. The molecule has 1 fully saturated rings. The van der Waals surface area contributed by atoms with Gasteiger partial charge in [0.25, 0.3) is 0 Å². The lowest BCUT2D eigenvalue weighted by Crippen LogP contribution is -2.34. The number of isocyanates is 1. The number of nitrogens with zero attached hydrogens (tertiary/aromatic N) is 1. The topological polar surface area (TPSA) is 29.4 Å². The Kier molecular flexibility index (Phi) is 3.31. The van der Waals surface area contributed by atoms with Crippen LogP contribution in [0.3, 0.4) is 0 Å². The molecule has 5 heteroatoms. The third-order valence-electron chi connectivity index (χ3n) is 3.18. The summed E-state index contributed by atoms with van der Waals surface area (Å²) >= 11 is 1.21. The molecule has 2 rings (SSSR count). The van der Waals surface area contributed by atoms with Crippen molar-refractivity contribution in [3.63, 3.8) is 0 Å². The maximum Gasteiger partial charge on any atom is 0.235 e.